The van der Waals surface area contributed by atoms with Crippen LogP contribution in [0.15, 0.2) is 24.3 Å². The average Bonchev–Trinajstić information content (AvgIpc) is 2.99. The lowest BCUT2D eigenvalue weighted by atomic mass is 9.79. The number of ether oxygens (including phenoxy) is 1. The van der Waals surface area contributed by atoms with Gasteiger partial charge in [-0.1, -0.05) is 12.1 Å². The Morgan fingerprint density at radius 1 is 1.35 bits per heavy atom. The number of benzene rings is 1. The molecule has 2 saturated carbocycles. The molecule has 4 nitrogen and oxygen atoms in total. The van der Waals surface area contributed by atoms with Gasteiger partial charge in [0.2, 0.25) is 5.91 Å². The summed E-state index contributed by atoms with van der Waals surface area (Å²) in [6.45, 7) is 1.99. The van der Waals surface area contributed by atoms with E-state index in [1.807, 2.05) is 31.2 Å². The first-order chi connectivity index (χ1) is 9.63. The molecular formula is C16H17NO3. The highest BCUT2D eigenvalue weighted by atomic mass is 16.6. The monoisotopic (exact) mass is 271 g/mol. The van der Waals surface area contributed by atoms with Crippen LogP contribution in [0.2, 0.25) is 0 Å². The number of rotatable bonds is 2. The summed E-state index contributed by atoms with van der Waals surface area (Å²) in [5.41, 5.74) is 1.91. The van der Waals surface area contributed by atoms with E-state index < -0.39 is 0 Å². The predicted octanol–water partition coefficient (Wildman–Crippen LogP) is 2.13. The summed E-state index contributed by atoms with van der Waals surface area (Å²) in [5.74, 6) is -0.00266. The minimum Gasteiger partial charge on any atom is -0.462 e. The Bertz CT molecular complexity index is 595. The van der Waals surface area contributed by atoms with E-state index in [0.717, 1.165) is 24.1 Å². The first kappa shape index (κ1) is 11.9. The number of nitrogens with one attached hydrogen (secondary N) is 1. The first-order valence-electron chi connectivity index (χ1n) is 7.21. The van der Waals surface area contributed by atoms with Gasteiger partial charge < -0.3 is 10.1 Å². The van der Waals surface area contributed by atoms with Gasteiger partial charge >= 0.3 is 5.97 Å². The molecule has 104 valence electrons. The summed E-state index contributed by atoms with van der Waals surface area (Å²) >= 11 is 0. The van der Waals surface area contributed by atoms with Gasteiger partial charge in [-0.25, -0.2) is 0 Å². The molecule has 1 aliphatic heterocycles. The third kappa shape index (κ3) is 1.60. The van der Waals surface area contributed by atoms with E-state index in [9.17, 15) is 9.59 Å². The van der Waals surface area contributed by atoms with E-state index in [1.165, 1.54) is 0 Å². The normalized spacial score (nSPS) is 37.0. The molecule has 1 N–H and O–H groups in total. The number of aryl methyl sites for hydroxylation is 1. The molecule has 2 bridgehead atoms. The maximum absolute atomic E-state index is 12.5. The van der Waals surface area contributed by atoms with Gasteiger partial charge in [0, 0.05) is 11.6 Å². The zero-order valence-electron chi connectivity index (χ0n) is 11.3. The molecule has 0 radical (unpaired) electrons. The molecule has 0 aromatic heterocycles. The molecule has 3 aliphatic rings. The highest BCUT2D eigenvalue weighted by molar-refractivity contribution is 5.97. The largest absolute Gasteiger partial charge is 0.462 e. The van der Waals surface area contributed by atoms with Gasteiger partial charge in [0.25, 0.3) is 0 Å². The zero-order chi connectivity index (χ0) is 13.9. The summed E-state index contributed by atoms with van der Waals surface area (Å²) in [6.07, 6.45) is 1.91. The van der Waals surface area contributed by atoms with Crippen molar-refractivity contribution in [1.82, 2.24) is 0 Å². The molecule has 1 heterocycles. The Morgan fingerprint density at radius 2 is 2.20 bits per heavy atom. The summed E-state index contributed by atoms with van der Waals surface area (Å²) in [6, 6.07) is 7.74. The molecule has 4 rings (SSSR count). The van der Waals surface area contributed by atoms with Crippen LogP contribution in [0.3, 0.4) is 0 Å². The van der Waals surface area contributed by atoms with E-state index in [0.29, 0.717) is 5.92 Å². The second kappa shape index (κ2) is 4.08. The van der Waals surface area contributed by atoms with Crippen LogP contribution < -0.4 is 5.32 Å². The molecule has 20 heavy (non-hydrogen) atoms. The van der Waals surface area contributed by atoms with Crippen LogP contribution in [0.1, 0.15) is 18.4 Å². The number of hydrogen-bond acceptors (Lipinski definition) is 3. The average molecular weight is 271 g/mol. The minimum absolute atomic E-state index is 0.0228. The second-order valence-corrected chi connectivity index (χ2v) is 6.28. The number of amides is 1. The number of hydrogen-bond donors (Lipinski definition) is 1. The van der Waals surface area contributed by atoms with Crippen molar-refractivity contribution in [2.45, 2.75) is 25.9 Å². The van der Waals surface area contributed by atoms with Crippen molar-refractivity contribution < 1.29 is 14.3 Å². The van der Waals surface area contributed by atoms with E-state index in [1.54, 1.807) is 0 Å². The minimum atomic E-state index is -0.205. The second-order valence-electron chi connectivity index (χ2n) is 6.28. The maximum atomic E-state index is 12.5. The van der Waals surface area contributed by atoms with Gasteiger partial charge in [-0.2, -0.15) is 0 Å². The summed E-state index contributed by atoms with van der Waals surface area (Å²) in [4.78, 5) is 24.4. The number of carbonyl (C=O) groups excluding carboxylic acids is 2. The number of carbonyl (C=O) groups is 2. The number of fused-ring (bicyclic) bond motifs is 1. The zero-order valence-corrected chi connectivity index (χ0v) is 11.3. The molecule has 1 saturated heterocycles. The quantitative estimate of drug-likeness (QED) is 0.838. The molecule has 1 amide bonds. The summed E-state index contributed by atoms with van der Waals surface area (Å²) < 4.78 is 5.37. The van der Waals surface area contributed by atoms with Crippen molar-refractivity contribution >= 4 is 17.6 Å². The van der Waals surface area contributed by atoms with E-state index >= 15 is 0 Å². The van der Waals surface area contributed by atoms with Crippen molar-refractivity contribution in [3.05, 3.63) is 29.8 Å². The number of anilines is 1. The van der Waals surface area contributed by atoms with E-state index in [2.05, 4.69) is 5.32 Å². The fraction of sp³-hybridized carbons (Fsp3) is 0.500. The molecule has 1 aromatic carbocycles. The maximum Gasteiger partial charge on any atom is 0.310 e. The van der Waals surface area contributed by atoms with Crippen molar-refractivity contribution in [2.24, 2.45) is 23.7 Å². The Kier molecular flexibility index (Phi) is 2.43. The van der Waals surface area contributed by atoms with Crippen molar-refractivity contribution in [2.75, 3.05) is 5.32 Å². The molecular weight excluding hydrogens is 254 g/mol. The van der Waals surface area contributed by atoms with Gasteiger partial charge in [0.05, 0.1) is 11.8 Å². The highest BCUT2D eigenvalue weighted by Gasteiger charge is 2.63. The molecule has 0 unspecified atom stereocenters. The molecule has 0 spiro atoms. The van der Waals surface area contributed by atoms with Gasteiger partial charge in [0.15, 0.2) is 0 Å². The van der Waals surface area contributed by atoms with Crippen molar-refractivity contribution in [3.8, 4) is 0 Å². The standard InChI is InChI=1S/C16H17NO3/c1-8-3-2-4-10(5-8)17-15(18)13-9-6-11-12(7-9)20-16(19)14(11)13/h2-5,9,11-14H,6-7H2,1H3,(H,17,18)/t9-,11+,12+,13-,14-/m1/s1. The molecule has 3 fully saturated rings. The lowest BCUT2D eigenvalue weighted by Gasteiger charge is -2.23. The Morgan fingerprint density at radius 3 is 3.00 bits per heavy atom. The Balaban J connectivity index is 1.56. The van der Waals surface area contributed by atoms with Gasteiger partial charge in [-0.3, -0.25) is 9.59 Å². The lowest BCUT2D eigenvalue weighted by Crippen LogP contribution is -2.35. The van der Waals surface area contributed by atoms with Crippen LogP contribution >= 0.6 is 0 Å². The Hall–Kier alpha value is -1.84. The van der Waals surface area contributed by atoms with Crippen LogP contribution in [0, 0.1) is 30.6 Å². The van der Waals surface area contributed by atoms with Gasteiger partial charge in [-0.05, 0) is 43.4 Å². The number of esters is 1. The third-order valence-corrected chi connectivity index (χ3v) is 5.07. The SMILES string of the molecule is Cc1cccc(NC(=O)[C@@H]2[C@@H]3C[C@@H]4[C@H]2C(=O)O[C@H]4C3)c1. The van der Waals surface area contributed by atoms with Crippen molar-refractivity contribution in [3.63, 3.8) is 0 Å². The van der Waals surface area contributed by atoms with E-state index in [-0.39, 0.29) is 35.7 Å². The van der Waals surface area contributed by atoms with Gasteiger partial charge in [0.1, 0.15) is 6.10 Å². The fourth-order valence-electron chi connectivity index (χ4n) is 4.31. The van der Waals surface area contributed by atoms with E-state index in [4.69, 9.17) is 4.74 Å². The first-order valence-corrected chi connectivity index (χ1v) is 7.21. The van der Waals surface area contributed by atoms with Crippen LogP contribution in [-0.4, -0.2) is 18.0 Å². The third-order valence-electron chi connectivity index (χ3n) is 5.07. The Labute approximate surface area is 117 Å². The topological polar surface area (TPSA) is 55.4 Å². The summed E-state index contributed by atoms with van der Waals surface area (Å²) in [5, 5.41) is 2.97. The molecule has 2 aliphatic carbocycles. The van der Waals surface area contributed by atoms with Crippen LogP contribution in [0.25, 0.3) is 0 Å². The predicted molar refractivity (Wildman–Crippen MR) is 72.9 cm³/mol. The lowest BCUT2D eigenvalue weighted by molar-refractivity contribution is -0.145. The smallest absolute Gasteiger partial charge is 0.310 e. The molecule has 1 aromatic rings. The highest BCUT2D eigenvalue weighted by Crippen LogP contribution is 2.57. The van der Waals surface area contributed by atoms with Crippen LogP contribution in [-0.2, 0) is 14.3 Å². The van der Waals surface area contributed by atoms with Crippen LogP contribution in [0.5, 0.6) is 0 Å². The van der Waals surface area contributed by atoms with Crippen molar-refractivity contribution in [1.29, 1.82) is 0 Å². The van der Waals surface area contributed by atoms with Crippen LogP contribution in [0.4, 0.5) is 5.69 Å². The van der Waals surface area contributed by atoms with Gasteiger partial charge in [-0.15, -0.1) is 0 Å². The summed E-state index contributed by atoms with van der Waals surface area (Å²) in [7, 11) is 0. The molecule has 5 atom stereocenters. The molecule has 4 heteroatoms. The fourth-order valence-corrected chi connectivity index (χ4v) is 4.31.